The zero-order valence-electron chi connectivity index (χ0n) is 10.0. The van der Waals surface area contributed by atoms with Gasteiger partial charge in [0.05, 0.1) is 6.61 Å². The van der Waals surface area contributed by atoms with Crippen molar-refractivity contribution in [1.29, 1.82) is 0 Å². The van der Waals surface area contributed by atoms with Crippen LogP contribution in [0.25, 0.3) is 0 Å². The van der Waals surface area contributed by atoms with Gasteiger partial charge in [-0.2, -0.15) is 17.5 Å². The highest BCUT2D eigenvalue weighted by Crippen LogP contribution is 2.35. The molecule has 0 spiro atoms. The van der Waals surface area contributed by atoms with E-state index in [2.05, 4.69) is 9.69 Å². The van der Waals surface area contributed by atoms with E-state index in [4.69, 9.17) is 10.5 Å². The highest BCUT2D eigenvalue weighted by atomic mass is 32.1. The Morgan fingerprint density at radius 3 is 2.72 bits per heavy atom. The molecule has 0 fully saturated rings. The Labute approximate surface area is 107 Å². The molecule has 1 rings (SSSR count). The summed E-state index contributed by atoms with van der Waals surface area (Å²) in [5, 5.41) is 3.66. The largest absolute Gasteiger partial charge is 0.487 e. The Morgan fingerprint density at radius 2 is 2.11 bits per heavy atom. The number of anilines is 2. The molecule has 0 atom stereocenters. The molecule has 0 aliphatic rings. The number of halogens is 3. The molecule has 1 aromatic heterocycles. The minimum Gasteiger partial charge on any atom is -0.487 e. The Kier molecular flexibility index (Phi) is 5.52. The molecular weight excluding hydrogens is 267 g/mol. The Morgan fingerprint density at radius 1 is 1.39 bits per heavy atom. The van der Waals surface area contributed by atoms with Crippen molar-refractivity contribution in [3.8, 4) is 5.75 Å². The highest BCUT2D eigenvalue weighted by molar-refractivity contribution is 7.11. The van der Waals surface area contributed by atoms with Crippen molar-refractivity contribution in [2.45, 2.75) is 32.4 Å². The molecule has 4 nitrogen and oxygen atoms in total. The molecule has 0 unspecified atom stereocenters. The van der Waals surface area contributed by atoms with Crippen molar-refractivity contribution in [2.24, 2.45) is 0 Å². The minimum absolute atomic E-state index is 0.106. The maximum atomic E-state index is 11.9. The van der Waals surface area contributed by atoms with Crippen LogP contribution in [0.2, 0.25) is 0 Å². The second kappa shape index (κ2) is 6.67. The fourth-order valence-electron chi connectivity index (χ4n) is 1.34. The quantitative estimate of drug-likeness (QED) is 0.754. The van der Waals surface area contributed by atoms with Gasteiger partial charge in [0, 0.05) is 13.0 Å². The van der Waals surface area contributed by atoms with E-state index >= 15 is 0 Å². The Balaban J connectivity index is 2.31. The molecule has 0 saturated heterocycles. The maximum absolute atomic E-state index is 11.9. The number of nitrogens with two attached hydrogens (primary N) is 1. The summed E-state index contributed by atoms with van der Waals surface area (Å²) in [6.45, 7) is 2.73. The van der Waals surface area contributed by atoms with Crippen LogP contribution in [0.15, 0.2) is 0 Å². The van der Waals surface area contributed by atoms with Crippen LogP contribution in [-0.2, 0) is 0 Å². The van der Waals surface area contributed by atoms with E-state index < -0.39 is 12.6 Å². The van der Waals surface area contributed by atoms with Crippen molar-refractivity contribution < 1.29 is 17.9 Å². The maximum Gasteiger partial charge on any atom is 0.389 e. The van der Waals surface area contributed by atoms with E-state index in [1.807, 2.05) is 6.92 Å². The highest BCUT2D eigenvalue weighted by Gasteiger charge is 2.25. The number of rotatable bonds is 7. The lowest BCUT2D eigenvalue weighted by Crippen LogP contribution is -2.08. The zero-order valence-corrected chi connectivity index (χ0v) is 10.8. The van der Waals surface area contributed by atoms with Crippen molar-refractivity contribution in [2.75, 3.05) is 24.2 Å². The fraction of sp³-hybridized carbons (Fsp3) is 0.700. The van der Waals surface area contributed by atoms with Crippen LogP contribution in [0, 0.1) is 0 Å². The van der Waals surface area contributed by atoms with E-state index in [1.54, 1.807) is 0 Å². The van der Waals surface area contributed by atoms with E-state index in [0.717, 1.165) is 11.5 Å². The van der Waals surface area contributed by atoms with Crippen molar-refractivity contribution in [3.63, 3.8) is 0 Å². The summed E-state index contributed by atoms with van der Waals surface area (Å²) in [7, 11) is 0. The van der Waals surface area contributed by atoms with Gasteiger partial charge in [-0.1, -0.05) is 0 Å². The Hall–Kier alpha value is -1.18. The van der Waals surface area contributed by atoms with Crippen LogP contribution in [0.4, 0.5) is 24.0 Å². The van der Waals surface area contributed by atoms with Crippen LogP contribution in [-0.4, -0.2) is 23.7 Å². The predicted molar refractivity (Wildman–Crippen MR) is 66.1 cm³/mol. The number of nitrogens with zero attached hydrogens (tertiary/aromatic N) is 1. The van der Waals surface area contributed by atoms with Crippen LogP contribution in [0.3, 0.4) is 0 Å². The number of nitrogen functional groups attached to an aromatic ring is 1. The summed E-state index contributed by atoms with van der Waals surface area (Å²) in [5.74, 6) is 0.790. The van der Waals surface area contributed by atoms with E-state index in [1.165, 1.54) is 0 Å². The van der Waals surface area contributed by atoms with Crippen molar-refractivity contribution in [3.05, 3.63) is 0 Å². The number of alkyl halides is 3. The third-order valence-corrected chi connectivity index (χ3v) is 2.94. The number of aromatic nitrogens is 1. The lowest BCUT2D eigenvalue weighted by atomic mass is 10.2. The van der Waals surface area contributed by atoms with Gasteiger partial charge in [0.15, 0.2) is 16.6 Å². The summed E-state index contributed by atoms with van der Waals surface area (Å²) in [6, 6.07) is 0. The lowest BCUT2D eigenvalue weighted by Gasteiger charge is -2.08. The molecule has 104 valence electrons. The van der Waals surface area contributed by atoms with Gasteiger partial charge in [-0.25, -0.2) is 0 Å². The summed E-state index contributed by atoms with van der Waals surface area (Å²) >= 11 is 1.15. The van der Waals surface area contributed by atoms with Gasteiger partial charge in [0.1, 0.15) is 0 Å². The van der Waals surface area contributed by atoms with Gasteiger partial charge in [0.25, 0.3) is 0 Å². The molecule has 0 aliphatic heterocycles. The summed E-state index contributed by atoms with van der Waals surface area (Å²) in [4.78, 5) is 0. The Bertz CT molecular complexity index is 368. The first-order valence-corrected chi connectivity index (χ1v) is 6.40. The van der Waals surface area contributed by atoms with Crippen molar-refractivity contribution >= 4 is 22.4 Å². The number of ether oxygens (including phenoxy) is 1. The topological polar surface area (TPSA) is 60.2 Å². The third kappa shape index (κ3) is 4.99. The molecule has 1 aromatic rings. The second-order valence-electron chi connectivity index (χ2n) is 3.66. The van der Waals surface area contributed by atoms with E-state index in [-0.39, 0.29) is 6.42 Å². The van der Waals surface area contributed by atoms with Gasteiger partial charge < -0.3 is 15.8 Å². The predicted octanol–water partition coefficient (Wildman–Crippen LogP) is 3.27. The first kappa shape index (κ1) is 14.9. The van der Waals surface area contributed by atoms with Crippen molar-refractivity contribution in [1.82, 2.24) is 4.37 Å². The molecule has 0 radical (unpaired) electrons. The number of unbranched alkanes of at least 4 members (excludes halogenated alkanes) is 1. The smallest absolute Gasteiger partial charge is 0.389 e. The standard InChI is InChI=1S/C10H16F3N3OS/c1-2-17-7-8(14)16-18-9(7)15-6-4-3-5-10(11,12)13/h15H,2-6H2,1H3,(H2,14,16). The van der Waals surface area contributed by atoms with Crippen LogP contribution in [0.5, 0.6) is 5.75 Å². The van der Waals surface area contributed by atoms with Gasteiger partial charge in [-0.05, 0) is 31.3 Å². The van der Waals surface area contributed by atoms with E-state index in [9.17, 15) is 13.2 Å². The van der Waals surface area contributed by atoms with Crippen LogP contribution >= 0.6 is 11.5 Å². The fourth-order valence-corrected chi connectivity index (χ4v) is 2.03. The second-order valence-corrected chi connectivity index (χ2v) is 4.43. The lowest BCUT2D eigenvalue weighted by molar-refractivity contribution is -0.135. The van der Waals surface area contributed by atoms with Gasteiger partial charge in [-0.3, -0.25) is 0 Å². The van der Waals surface area contributed by atoms with E-state index in [0.29, 0.717) is 36.1 Å². The molecule has 1 heterocycles. The molecular formula is C10H16F3N3OS. The number of hydrogen-bond acceptors (Lipinski definition) is 5. The first-order chi connectivity index (χ1) is 8.44. The zero-order chi connectivity index (χ0) is 13.6. The van der Waals surface area contributed by atoms with Gasteiger partial charge in [0.2, 0.25) is 0 Å². The van der Waals surface area contributed by atoms with Crippen LogP contribution < -0.4 is 15.8 Å². The normalized spacial score (nSPS) is 11.6. The number of hydrogen-bond donors (Lipinski definition) is 2. The molecule has 3 N–H and O–H groups in total. The summed E-state index contributed by atoms with van der Waals surface area (Å²) in [6.07, 6.45) is -4.29. The van der Waals surface area contributed by atoms with Gasteiger partial charge in [-0.15, -0.1) is 0 Å². The first-order valence-electron chi connectivity index (χ1n) is 5.62. The van der Waals surface area contributed by atoms with Crippen LogP contribution in [0.1, 0.15) is 26.2 Å². The van der Waals surface area contributed by atoms with Gasteiger partial charge >= 0.3 is 6.18 Å². The number of nitrogens with one attached hydrogen (secondary N) is 1. The summed E-state index contributed by atoms with van der Waals surface area (Å²) < 4.78 is 45.0. The molecule has 0 bridgehead atoms. The molecule has 0 aromatic carbocycles. The average molecular weight is 283 g/mol. The molecule has 18 heavy (non-hydrogen) atoms. The summed E-state index contributed by atoms with van der Waals surface area (Å²) in [5.41, 5.74) is 5.60. The monoisotopic (exact) mass is 283 g/mol. The molecule has 0 amide bonds. The molecule has 8 heteroatoms. The molecule has 0 saturated carbocycles. The molecule has 0 aliphatic carbocycles. The minimum atomic E-state index is -4.08. The SMILES string of the molecule is CCOc1c(N)nsc1NCCCCC(F)(F)F. The average Bonchev–Trinajstić information content (AvgIpc) is 2.60. The third-order valence-electron chi connectivity index (χ3n) is 2.14.